The van der Waals surface area contributed by atoms with Crippen molar-refractivity contribution < 1.29 is 28.5 Å². The molecule has 28 heavy (non-hydrogen) atoms. The third-order valence-electron chi connectivity index (χ3n) is 4.01. The van der Waals surface area contributed by atoms with Gasteiger partial charge in [0, 0.05) is 11.1 Å². The number of hydrogen-bond donors (Lipinski definition) is 1. The van der Waals surface area contributed by atoms with Crippen molar-refractivity contribution in [2.24, 2.45) is 0 Å². The van der Waals surface area contributed by atoms with Gasteiger partial charge in [-0.15, -0.1) is 0 Å². The van der Waals surface area contributed by atoms with E-state index in [9.17, 15) is 4.79 Å². The van der Waals surface area contributed by atoms with Crippen LogP contribution in [0.15, 0.2) is 29.3 Å². The van der Waals surface area contributed by atoms with E-state index in [1.54, 1.807) is 18.2 Å². The summed E-state index contributed by atoms with van der Waals surface area (Å²) >= 11 is 6.30. The van der Waals surface area contributed by atoms with Crippen LogP contribution in [0.5, 0.6) is 28.7 Å². The first-order chi connectivity index (χ1) is 13.4. The number of nitrogen functional groups attached to an aromatic ring is 1. The highest BCUT2D eigenvalue weighted by Gasteiger charge is 2.22. The van der Waals surface area contributed by atoms with Crippen molar-refractivity contribution in [2.75, 3.05) is 41.3 Å². The second-order valence-electron chi connectivity index (χ2n) is 5.55. The first kappa shape index (κ1) is 21.2. The Morgan fingerprint density at radius 1 is 0.857 bits per heavy atom. The standard InChI is InChI=1S/C20H22ClNO6/c1-24-15-9-11(6-7-14(15)22)17(23)13(21)8-12-10-16(25-2)19(27-4)20(28-5)18(12)26-3/h6-10H,22H2,1-5H3/b13-8+. The van der Waals surface area contributed by atoms with Crippen LogP contribution in [0.2, 0.25) is 0 Å². The van der Waals surface area contributed by atoms with E-state index < -0.39 is 5.78 Å². The summed E-state index contributed by atoms with van der Waals surface area (Å²) < 4.78 is 26.7. The minimum absolute atomic E-state index is 0.0422. The lowest BCUT2D eigenvalue weighted by Gasteiger charge is -2.17. The molecular formula is C20H22ClNO6. The summed E-state index contributed by atoms with van der Waals surface area (Å²) in [4.78, 5) is 12.7. The minimum Gasteiger partial charge on any atom is -0.495 e. The van der Waals surface area contributed by atoms with E-state index in [0.717, 1.165) is 0 Å². The molecule has 0 aliphatic carbocycles. The molecule has 2 aromatic rings. The molecule has 2 rings (SSSR count). The number of rotatable bonds is 8. The summed E-state index contributed by atoms with van der Waals surface area (Å²) in [5, 5.41) is -0.0422. The molecule has 2 aromatic carbocycles. The Hall–Kier alpha value is -3.06. The number of carbonyl (C=O) groups is 1. The van der Waals surface area contributed by atoms with Crippen molar-refractivity contribution in [3.05, 3.63) is 40.4 Å². The number of allylic oxidation sites excluding steroid dienone is 1. The average molecular weight is 408 g/mol. The molecule has 0 aliphatic rings. The van der Waals surface area contributed by atoms with Crippen LogP contribution in [0.3, 0.4) is 0 Å². The molecule has 7 nitrogen and oxygen atoms in total. The van der Waals surface area contributed by atoms with Crippen LogP contribution in [0, 0.1) is 0 Å². The van der Waals surface area contributed by atoms with E-state index in [1.807, 2.05) is 0 Å². The summed E-state index contributed by atoms with van der Waals surface area (Å²) in [7, 11) is 7.39. The van der Waals surface area contributed by atoms with E-state index in [-0.39, 0.29) is 5.03 Å². The Labute approximate surface area is 168 Å². The minimum atomic E-state index is -0.407. The van der Waals surface area contributed by atoms with Gasteiger partial charge >= 0.3 is 0 Å². The van der Waals surface area contributed by atoms with Crippen molar-refractivity contribution in [3.8, 4) is 28.7 Å². The van der Waals surface area contributed by atoms with Crippen LogP contribution < -0.4 is 29.4 Å². The molecule has 0 aliphatic heterocycles. The van der Waals surface area contributed by atoms with Crippen LogP contribution in [-0.2, 0) is 0 Å². The van der Waals surface area contributed by atoms with Gasteiger partial charge in [0.25, 0.3) is 0 Å². The van der Waals surface area contributed by atoms with Gasteiger partial charge in [0.2, 0.25) is 17.3 Å². The van der Waals surface area contributed by atoms with Crippen molar-refractivity contribution in [2.45, 2.75) is 0 Å². The topological polar surface area (TPSA) is 89.2 Å². The average Bonchev–Trinajstić information content (AvgIpc) is 2.72. The monoisotopic (exact) mass is 407 g/mol. The number of Topliss-reactive ketones (excluding diaryl/α,β-unsaturated/α-hetero) is 1. The van der Waals surface area contributed by atoms with E-state index in [1.165, 1.54) is 47.7 Å². The molecule has 0 saturated heterocycles. The molecule has 0 saturated carbocycles. The zero-order chi connectivity index (χ0) is 20.8. The lowest BCUT2D eigenvalue weighted by molar-refractivity contribution is 0.104. The Kier molecular flexibility index (Phi) is 7.00. The number of hydrogen-bond acceptors (Lipinski definition) is 7. The Morgan fingerprint density at radius 2 is 1.46 bits per heavy atom. The largest absolute Gasteiger partial charge is 0.495 e. The van der Waals surface area contributed by atoms with Crippen LogP contribution in [0.1, 0.15) is 15.9 Å². The Balaban J connectivity index is 2.55. The van der Waals surface area contributed by atoms with Gasteiger partial charge in [-0.3, -0.25) is 4.79 Å². The summed E-state index contributed by atoms with van der Waals surface area (Å²) in [6.07, 6.45) is 1.47. The Morgan fingerprint density at radius 3 is 2.00 bits per heavy atom. The predicted molar refractivity (Wildman–Crippen MR) is 108 cm³/mol. The van der Waals surface area contributed by atoms with Gasteiger partial charge in [0.15, 0.2) is 11.5 Å². The molecule has 0 unspecified atom stereocenters. The number of nitrogens with two attached hydrogens (primary N) is 1. The van der Waals surface area contributed by atoms with Crippen molar-refractivity contribution in [1.29, 1.82) is 0 Å². The molecule has 0 bridgehead atoms. The zero-order valence-corrected chi connectivity index (χ0v) is 17.0. The van der Waals surface area contributed by atoms with Crippen LogP contribution in [0.25, 0.3) is 6.08 Å². The van der Waals surface area contributed by atoms with Crippen molar-refractivity contribution >= 4 is 29.1 Å². The van der Waals surface area contributed by atoms with Gasteiger partial charge in [-0.25, -0.2) is 0 Å². The van der Waals surface area contributed by atoms with E-state index >= 15 is 0 Å². The second-order valence-corrected chi connectivity index (χ2v) is 5.95. The third kappa shape index (κ3) is 4.09. The van der Waals surface area contributed by atoms with Gasteiger partial charge in [-0.1, -0.05) is 11.6 Å². The molecule has 8 heteroatoms. The summed E-state index contributed by atoms with van der Waals surface area (Å²) in [5.74, 6) is 1.42. The number of methoxy groups -OCH3 is 5. The predicted octanol–water partition coefficient (Wildman–Crippen LogP) is 3.77. The molecule has 0 aromatic heterocycles. The van der Waals surface area contributed by atoms with E-state index in [0.29, 0.717) is 45.6 Å². The Bertz CT molecular complexity index is 910. The number of ketones is 1. The number of benzene rings is 2. The molecule has 0 amide bonds. The molecule has 0 atom stereocenters. The first-order valence-corrected chi connectivity index (χ1v) is 8.51. The van der Waals surface area contributed by atoms with Crippen molar-refractivity contribution in [3.63, 3.8) is 0 Å². The maximum Gasteiger partial charge on any atom is 0.207 e. The van der Waals surface area contributed by atoms with Crippen LogP contribution in [-0.4, -0.2) is 41.3 Å². The molecule has 0 radical (unpaired) electrons. The molecule has 150 valence electrons. The van der Waals surface area contributed by atoms with E-state index in [4.69, 9.17) is 41.0 Å². The fraction of sp³-hybridized carbons (Fsp3) is 0.250. The maximum atomic E-state index is 12.7. The van der Waals surface area contributed by atoms with Crippen molar-refractivity contribution in [1.82, 2.24) is 0 Å². The van der Waals surface area contributed by atoms with E-state index in [2.05, 4.69) is 0 Å². The van der Waals surface area contributed by atoms with Crippen LogP contribution >= 0.6 is 11.6 Å². The summed E-state index contributed by atoms with van der Waals surface area (Å²) in [6, 6.07) is 6.32. The molecule has 0 fully saturated rings. The third-order valence-corrected chi connectivity index (χ3v) is 4.29. The summed E-state index contributed by atoms with van der Waals surface area (Å²) in [5.41, 5.74) is 7.03. The first-order valence-electron chi connectivity index (χ1n) is 8.14. The highest BCUT2D eigenvalue weighted by molar-refractivity contribution is 6.47. The van der Waals surface area contributed by atoms with Gasteiger partial charge in [0.1, 0.15) is 5.75 Å². The SMILES string of the molecule is COc1cc(C(=O)/C(Cl)=C\c2cc(OC)c(OC)c(OC)c2OC)ccc1N. The fourth-order valence-electron chi connectivity index (χ4n) is 2.66. The normalized spacial score (nSPS) is 11.0. The molecular weight excluding hydrogens is 386 g/mol. The molecule has 2 N–H and O–H groups in total. The lowest BCUT2D eigenvalue weighted by atomic mass is 10.1. The number of ether oxygens (including phenoxy) is 5. The number of anilines is 1. The zero-order valence-electron chi connectivity index (χ0n) is 16.3. The molecule has 0 heterocycles. The van der Waals surface area contributed by atoms with Crippen LogP contribution in [0.4, 0.5) is 5.69 Å². The number of carbonyl (C=O) groups excluding carboxylic acids is 1. The quantitative estimate of drug-likeness (QED) is 0.404. The number of halogens is 1. The molecule has 0 spiro atoms. The smallest absolute Gasteiger partial charge is 0.207 e. The van der Waals surface area contributed by atoms with Gasteiger partial charge < -0.3 is 29.4 Å². The lowest BCUT2D eigenvalue weighted by Crippen LogP contribution is -2.03. The maximum absolute atomic E-state index is 12.7. The van der Waals surface area contributed by atoms with Gasteiger partial charge in [-0.2, -0.15) is 0 Å². The van der Waals surface area contributed by atoms with Gasteiger partial charge in [0.05, 0.1) is 46.3 Å². The second kappa shape index (κ2) is 9.23. The van der Waals surface area contributed by atoms with Gasteiger partial charge in [-0.05, 0) is 30.3 Å². The summed E-state index contributed by atoms with van der Waals surface area (Å²) in [6.45, 7) is 0. The highest BCUT2D eigenvalue weighted by Crippen LogP contribution is 2.47. The fourth-order valence-corrected chi connectivity index (χ4v) is 2.89. The highest BCUT2D eigenvalue weighted by atomic mass is 35.5.